The largest absolute Gasteiger partial charge is 0.273 e. The molecule has 0 aliphatic rings. The third kappa shape index (κ3) is 3.02. The van der Waals surface area contributed by atoms with Gasteiger partial charge in [0.15, 0.2) is 0 Å². The van der Waals surface area contributed by atoms with E-state index in [-0.39, 0.29) is 5.56 Å². The molecule has 0 saturated heterocycles. The maximum Gasteiger partial charge on any atom is 0.244 e. The molecule has 22 heavy (non-hydrogen) atoms. The molecule has 1 N–H and O–H groups in total. The van der Waals surface area contributed by atoms with Crippen molar-refractivity contribution in [1.29, 1.82) is 0 Å². The van der Waals surface area contributed by atoms with Crippen molar-refractivity contribution in [2.24, 2.45) is 7.05 Å². The van der Waals surface area contributed by atoms with Crippen LogP contribution >= 0.6 is 0 Å². The Bertz CT molecular complexity index is 816. The van der Waals surface area contributed by atoms with E-state index in [0.717, 1.165) is 11.8 Å². The molecule has 0 saturated carbocycles. The molecule has 0 spiro atoms. The van der Waals surface area contributed by atoms with Crippen molar-refractivity contribution in [3.05, 3.63) is 46.8 Å². The minimum atomic E-state index is -4.11. The SMILES string of the molecule is Cc1cc(S(=O)(=O)NC(C)c2cnn(C)c2C)c(F)cc1F. The second kappa shape index (κ2) is 5.77. The third-order valence-corrected chi connectivity index (χ3v) is 5.13. The summed E-state index contributed by atoms with van der Waals surface area (Å²) in [5, 5.41) is 4.04. The lowest BCUT2D eigenvalue weighted by molar-refractivity contribution is 0.534. The maximum atomic E-state index is 13.8. The number of nitrogens with one attached hydrogen (secondary N) is 1. The molecular weight excluding hydrogens is 312 g/mol. The summed E-state index contributed by atoms with van der Waals surface area (Å²) in [6.45, 7) is 4.81. The highest BCUT2D eigenvalue weighted by atomic mass is 32.2. The van der Waals surface area contributed by atoms with Gasteiger partial charge in [0.25, 0.3) is 0 Å². The zero-order valence-corrected chi connectivity index (χ0v) is 13.5. The standard InChI is InChI=1S/C14H17F2N3O2S/c1-8-5-14(13(16)6-12(8)15)22(20,21)18-9(2)11-7-17-19(4)10(11)3/h5-7,9,18H,1-4H3. The fourth-order valence-electron chi connectivity index (χ4n) is 2.14. The molecule has 2 aromatic rings. The van der Waals surface area contributed by atoms with Gasteiger partial charge in [0.1, 0.15) is 16.5 Å². The van der Waals surface area contributed by atoms with Gasteiger partial charge >= 0.3 is 0 Å². The molecule has 0 fully saturated rings. The Morgan fingerprint density at radius 3 is 2.41 bits per heavy atom. The first kappa shape index (κ1) is 16.6. The number of aromatic nitrogens is 2. The molecule has 0 aliphatic carbocycles. The number of aryl methyl sites for hydroxylation is 2. The van der Waals surface area contributed by atoms with Gasteiger partial charge in [0.2, 0.25) is 10.0 Å². The third-order valence-electron chi connectivity index (χ3n) is 3.57. The summed E-state index contributed by atoms with van der Waals surface area (Å²) < 4.78 is 55.7. The van der Waals surface area contributed by atoms with Crippen molar-refractivity contribution in [2.75, 3.05) is 0 Å². The summed E-state index contributed by atoms with van der Waals surface area (Å²) in [6, 6.07) is 0.961. The van der Waals surface area contributed by atoms with Gasteiger partial charge in [-0.15, -0.1) is 0 Å². The summed E-state index contributed by atoms with van der Waals surface area (Å²) >= 11 is 0. The minimum absolute atomic E-state index is 0.0620. The van der Waals surface area contributed by atoms with Crippen LogP contribution in [0.25, 0.3) is 0 Å². The summed E-state index contributed by atoms with van der Waals surface area (Å²) in [4.78, 5) is -0.570. The van der Waals surface area contributed by atoms with E-state index in [2.05, 4.69) is 9.82 Å². The van der Waals surface area contributed by atoms with Gasteiger partial charge in [0.05, 0.1) is 6.20 Å². The number of sulfonamides is 1. The van der Waals surface area contributed by atoms with Crippen molar-refractivity contribution < 1.29 is 17.2 Å². The molecule has 8 heteroatoms. The quantitative estimate of drug-likeness (QED) is 0.936. The lowest BCUT2D eigenvalue weighted by Gasteiger charge is -2.15. The molecule has 0 radical (unpaired) electrons. The van der Waals surface area contributed by atoms with E-state index < -0.39 is 32.6 Å². The van der Waals surface area contributed by atoms with E-state index in [1.807, 2.05) is 0 Å². The Kier molecular flexibility index (Phi) is 4.35. The van der Waals surface area contributed by atoms with Gasteiger partial charge in [-0.05, 0) is 32.4 Å². The second-order valence-corrected chi connectivity index (χ2v) is 6.87. The van der Waals surface area contributed by atoms with Crippen molar-refractivity contribution in [2.45, 2.75) is 31.7 Å². The van der Waals surface area contributed by atoms with E-state index in [1.165, 1.54) is 6.92 Å². The van der Waals surface area contributed by atoms with Crippen molar-refractivity contribution in [1.82, 2.24) is 14.5 Å². The summed E-state index contributed by atoms with van der Waals surface area (Å²) in [5.74, 6) is -1.90. The molecule has 1 aromatic heterocycles. The molecule has 2 rings (SSSR count). The molecule has 5 nitrogen and oxygen atoms in total. The Morgan fingerprint density at radius 1 is 1.23 bits per heavy atom. The van der Waals surface area contributed by atoms with E-state index >= 15 is 0 Å². The van der Waals surface area contributed by atoms with E-state index in [9.17, 15) is 17.2 Å². The number of rotatable bonds is 4. The van der Waals surface area contributed by atoms with E-state index in [4.69, 9.17) is 0 Å². The molecule has 120 valence electrons. The van der Waals surface area contributed by atoms with Gasteiger partial charge in [-0.25, -0.2) is 21.9 Å². The van der Waals surface area contributed by atoms with Crippen LogP contribution in [0.1, 0.15) is 29.8 Å². The van der Waals surface area contributed by atoms with Crippen LogP contribution < -0.4 is 4.72 Å². The normalized spacial score (nSPS) is 13.4. The number of halogens is 2. The average Bonchev–Trinajstić information content (AvgIpc) is 2.73. The molecule has 1 atom stereocenters. The fourth-order valence-corrected chi connectivity index (χ4v) is 3.50. The van der Waals surface area contributed by atoms with Crippen molar-refractivity contribution in [3.8, 4) is 0 Å². The van der Waals surface area contributed by atoms with Gasteiger partial charge in [-0.3, -0.25) is 4.68 Å². The predicted octanol–water partition coefficient (Wildman–Crippen LogP) is 2.35. The smallest absolute Gasteiger partial charge is 0.244 e. The molecule has 1 aromatic carbocycles. The van der Waals surface area contributed by atoms with Crippen LogP contribution in [0.15, 0.2) is 23.2 Å². The molecule has 0 bridgehead atoms. The lowest BCUT2D eigenvalue weighted by atomic mass is 10.1. The monoisotopic (exact) mass is 329 g/mol. The predicted molar refractivity (Wildman–Crippen MR) is 77.8 cm³/mol. The first-order chi connectivity index (χ1) is 10.1. The van der Waals surface area contributed by atoms with Gasteiger partial charge in [0, 0.05) is 30.4 Å². The Balaban J connectivity index is 2.36. The number of hydrogen-bond donors (Lipinski definition) is 1. The number of benzene rings is 1. The van der Waals surface area contributed by atoms with Gasteiger partial charge in [-0.1, -0.05) is 0 Å². The van der Waals surface area contributed by atoms with Crippen LogP contribution in [-0.4, -0.2) is 18.2 Å². The lowest BCUT2D eigenvalue weighted by Crippen LogP contribution is -2.28. The van der Waals surface area contributed by atoms with Gasteiger partial charge < -0.3 is 0 Å². The van der Waals surface area contributed by atoms with Gasteiger partial charge in [-0.2, -0.15) is 5.10 Å². The van der Waals surface area contributed by atoms with Crippen LogP contribution in [0, 0.1) is 25.5 Å². The zero-order chi connectivity index (χ0) is 16.7. The Morgan fingerprint density at radius 2 is 1.86 bits per heavy atom. The topological polar surface area (TPSA) is 64.0 Å². The van der Waals surface area contributed by atoms with Crippen molar-refractivity contribution in [3.63, 3.8) is 0 Å². The maximum absolute atomic E-state index is 13.8. The molecule has 0 amide bonds. The molecule has 1 unspecified atom stereocenters. The molecule has 1 heterocycles. The first-order valence-corrected chi connectivity index (χ1v) is 8.08. The van der Waals surface area contributed by atoms with E-state index in [1.54, 1.807) is 31.8 Å². The first-order valence-electron chi connectivity index (χ1n) is 6.60. The number of nitrogens with zero attached hydrogens (tertiary/aromatic N) is 2. The number of hydrogen-bond acceptors (Lipinski definition) is 3. The van der Waals surface area contributed by atoms with Crippen LogP contribution in [0.5, 0.6) is 0 Å². The van der Waals surface area contributed by atoms with Crippen molar-refractivity contribution >= 4 is 10.0 Å². The summed E-state index contributed by atoms with van der Waals surface area (Å²) in [7, 11) is -2.37. The average molecular weight is 329 g/mol. The van der Waals surface area contributed by atoms with Crippen LogP contribution in [-0.2, 0) is 17.1 Å². The Hall–Kier alpha value is -1.80. The fraction of sp³-hybridized carbons (Fsp3) is 0.357. The highest BCUT2D eigenvalue weighted by Gasteiger charge is 2.24. The summed E-state index contributed by atoms with van der Waals surface area (Å²) in [5.41, 5.74) is 1.54. The molecule has 0 aliphatic heterocycles. The highest BCUT2D eigenvalue weighted by molar-refractivity contribution is 7.89. The summed E-state index contributed by atoms with van der Waals surface area (Å²) in [6.07, 6.45) is 1.55. The van der Waals surface area contributed by atoms with Crippen LogP contribution in [0.4, 0.5) is 8.78 Å². The zero-order valence-electron chi connectivity index (χ0n) is 12.7. The minimum Gasteiger partial charge on any atom is -0.273 e. The van der Waals surface area contributed by atoms with Crippen LogP contribution in [0.2, 0.25) is 0 Å². The highest BCUT2D eigenvalue weighted by Crippen LogP contribution is 2.23. The Labute approximate surface area is 128 Å². The van der Waals surface area contributed by atoms with Crippen LogP contribution in [0.3, 0.4) is 0 Å². The second-order valence-electron chi connectivity index (χ2n) is 5.18. The molecular formula is C14H17F2N3O2S. The van der Waals surface area contributed by atoms with E-state index in [0.29, 0.717) is 11.6 Å².